The number of hydrogen-bond acceptors (Lipinski definition) is 5. The van der Waals surface area contributed by atoms with Gasteiger partial charge in [0, 0.05) is 30.4 Å². The summed E-state index contributed by atoms with van der Waals surface area (Å²) in [5.74, 6) is 2.50. The number of anilines is 1. The number of rotatable bonds is 3. The molecule has 24 heavy (non-hydrogen) atoms. The third-order valence-electron chi connectivity index (χ3n) is 5.32. The quantitative estimate of drug-likeness (QED) is 0.938. The molecule has 0 radical (unpaired) electrons. The summed E-state index contributed by atoms with van der Waals surface area (Å²) in [5.41, 5.74) is 9.42. The number of hydrogen-bond donors (Lipinski definition) is 1. The van der Waals surface area contributed by atoms with Crippen molar-refractivity contribution in [3.63, 3.8) is 0 Å². The summed E-state index contributed by atoms with van der Waals surface area (Å²) in [5, 5.41) is 0. The molecular weight excluding hydrogens is 304 g/mol. The van der Waals surface area contributed by atoms with Gasteiger partial charge in [0.25, 0.3) is 0 Å². The third-order valence-corrected chi connectivity index (χ3v) is 5.32. The Morgan fingerprint density at radius 3 is 2.71 bits per heavy atom. The highest BCUT2D eigenvalue weighted by molar-refractivity contribution is 5.70. The summed E-state index contributed by atoms with van der Waals surface area (Å²) >= 11 is 0. The number of nitrogens with two attached hydrogens (primary N) is 1. The van der Waals surface area contributed by atoms with E-state index in [-0.39, 0.29) is 12.2 Å². The Hall–Kier alpha value is -2.40. The molecule has 2 aromatic rings. The first-order chi connectivity index (χ1) is 11.8. The molecule has 1 spiro atoms. The van der Waals surface area contributed by atoms with E-state index in [1.807, 2.05) is 6.07 Å². The number of ether oxygens (including phenoxy) is 3. The van der Waals surface area contributed by atoms with Crippen LogP contribution < -0.4 is 24.8 Å². The van der Waals surface area contributed by atoms with Gasteiger partial charge in [0.05, 0.1) is 5.41 Å². The summed E-state index contributed by atoms with van der Waals surface area (Å²) < 4.78 is 17.2. The summed E-state index contributed by atoms with van der Waals surface area (Å²) in [7, 11) is 0. The number of benzene rings is 2. The second-order valence-electron chi connectivity index (χ2n) is 6.65. The molecule has 0 bridgehead atoms. The summed E-state index contributed by atoms with van der Waals surface area (Å²) in [6.45, 7) is 3.53. The zero-order valence-corrected chi connectivity index (χ0v) is 13.5. The lowest BCUT2D eigenvalue weighted by Gasteiger charge is -2.25. The van der Waals surface area contributed by atoms with Crippen LogP contribution in [0.25, 0.3) is 0 Å². The van der Waals surface area contributed by atoms with Crippen molar-refractivity contribution < 1.29 is 14.2 Å². The molecule has 5 heteroatoms. The highest BCUT2D eigenvalue weighted by Crippen LogP contribution is 2.54. The molecule has 0 fully saturated rings. The minimum Gasteiger partial charge on any atom is -0.492 e. The van der Waals surface area contributed by atoms with Gasteiger partial charge in [-0.25, -0.2) is 0 Å². The summed E-state index contributed by atoms with van der Waals surface area (Å²) in [6.07, 6.45) is 0.985. The molecule has 0 amide bonds. The normalized spacial score (nSPS) is 22.6. The molecule has 0 saturated carbocycles. The van der Waals surface area contributed by atoms with Crippen molar-refractivity contribution in [3.05, 3.63) is 47.5 Å². The molecule has 3 aliphatic rings. The van der Waals surface area contributed by atoms with Crippen molar-refractivity contribution in [2.24, 2.45) is 5.73 Å². The van der Waals surface area contributed by atoms with Gasteiger partial charge in [0.15, 0.2) is 11.5 Å². The minimum absolute atomic E-state index is 0.137. The van der Waals surface area contributed by atoms with Gasteiger partial charge in [0.1, 0.15) is 12.4 Å². The second-order valence-corrected chi connectivity index (χ2v) is 6.65. The lowest BCUT2D eigenvalue weighted by Crippen LogP contribution is -2.36. The Bertz CT molecular complexity index is 807. The van der Waals surface area contributed by atoms with E-state index in [1.165, 1.54) is 16.8 Å². The van der Waals surface area contributed by atoms with Crippen molar-refractivity contribution in [1.29, 1.82) is 0 Å². The van der Waals surface area contributed by atoms with Crippen molar-refractivity contribution in [2.75, 3.05) is 37.9 Å². The maximum absolute atomic E-state index is 6.08. The fraction of sp³-hybridized carbons (Fsp3) is 0.368. The molecule has 3 heterocycles. The van der Waals surface area contributed by atoms with Crippen molar-refractivity contribution in [2.45, 2.75) is 11.8 Å². The van der Waals surface area contributed by atoms with Crippen LogP contribution in [0.15, 0.2) is 36.4 Å². The van der Waals surface area contributed by atoms with Crippen LogP contribution >= 0.6 is 0 Å². The lowest BCUT2D eigenvalue weighted by atomic mass is 9.77. The molecule has 2 aromatic carbocycles. The molecule has 0 aliphatic carbocycles. The van der Waals surface area contributed by atoms with E-state index >= 15 is 0 Å². The van der Waals surface area contributed by atoms with E-state index in [0.717, 1.165) is 36.8 Å². The highest BCUT2D eigenvalue weighted by Gasteiger charge is 2.50. The molecule has 124 valence electrons. The third kappa shape index (κ3) is 1.79. The van der Waals surface area contributed by atoms with Crippen LogP contribution in [0.3, 0.4) is 0 Å². The van der Waals surface area contributed by atoms with Gasteiger partial charge < -0.3 is 24.8 Å². The summed E-state index contributed by atoms with van der Waals surface area (Å²) in [4.78, 5) is 2.44. The minimum atomic E-state index is -0.137. The number of nitrogens with zero attached hydrogens (tertiary/aromatic N) is 1. The first-order valence-corrected chi connectivity index (χ1v) is 8.43. The average molecular weight is 324 g/mol. The maximum Gasteiger partial charge on any atom is 0.231 e. The van der Waals surface area contributed by atoms with E-state index in [2.05, 4.69) is 35.2 Å². The van der Waals surface area contributed by atoms with E-state index in [9.17, 15) is 0 Å². The van der Waals surface area contributed by atoms with Gasteiger partial charge in [-0.15, -0.1) is 0 Å². The van der Waals surface area contributed by atoms with Crippen LogP contribution in [0.5, 0.6) is 17.2 Å². The van der Waals surface area contributed by atoms with Crippen LogP contribution in [-0.2, 0) is 5.41 Å². The Labute approximate surface area is 140 Å². The van der Waals surface area contributed by atoms with Crippen LogP contribution in [0.2, 0.25) is 0 Å². The largest absolute Gasteiger partial charge is 0.492 e. The van der Waals surface area contributed by atoms with Crippen LogP contribution in [0, 0.1) is 0 Å². The van der Waals surface area contributed by atoms with E-state index in [0.29, 0.717) is 13.2 Å². The van der Waals surface area contributed by atoms with Gasteiger partial charge in [-0.3, -0.25) is 0 Å². The highest BCUT2D eigenvalue weighted by atomic mass is 16.7. The molecule has 1 unspecified atom stereocenters. The summed E-state index contributed by atoms with van der Waals surface area (Å²) in [6, 6.07) is 12.7. The van der Waals surface area contributed by atoms with E-state index in [1.54, 1.807) is 0 Å². The smallest absolute Gasteiger partial charge is 0.231 e. The van der Waals surface area contributed by atoms with Crippen molar-refractivity contribution in [3.8, 4) is 17.2 Å². The van der Waals surface area contributed by atoms with Crippen molar-refractivity contribution >= 4 is 5.69 Å². The molecule has 1 atom stereocenters. The first kappa shape index (κ1) is 14.0. The van der Waals surface area contributed by atoms with Crippen molar-refractivity contribution in [1.82, 2.24) is 0 Å². The molecule has 5 nitrogen and oxygen atoms in total. The second kappa shape index (κ2) is 5.05. The van der Waals surface area contributed by atoms with Gasteiger partial charge in [-0.05, 0) is 30.7 Å². The predicted molar refractivity (Wildman–Crippen MR) is 91.2 cm³/mol. The van der Waals surface area contributed by atoms with Crippen LogP contribution in [0.1, 0.15) is 17.5 Å². The SMILES string of the molecule is NCCCN1CC2(COc3cc4c(cc32)OCO4)c2ccccc21. The Morgan fingerprint density at radius 2 is 1.83 bits per heavy atom. The Kier molecular flexibility index (Phi) is 2.94. The first-order valence-electron chi connectivity index (χ1n) is 8.43. The van der Waals surface area contributed by atoms with Gasteiger partial charge in [-0.1, -0.05) is 18.2 Å². The van der Waals surface area contributed by atoms with E-state index < -0.39 is 0 Å². The molecule has 0 aromatic heterocycles. The number of fused-ring (bicyclic) bond motifs is 5. The fourth-order valence-electron chi connectivity index (χ4n) is 4.18. The van der Waals surface area contributed by atoms with Crippen LogP contribution in [0.4, 0.5) is 5.69 Å². The Balaban J connectivity index is 1.63. The lowest BCUT2D eigenvalue weighted by molar-refractivity contribution is 0.173. The zero-order chi connectivity index (χ0) is 16.1. The molecule has 2 N–H and O–H groups in total. The Morgan fingerprint density at radius 1 is 1.00 bits per heavy atom. The van der Waals surface area contributed by atoms with Gasteiger partial charge in [0.2, 0.25) is 6.79 Å². The molecular formula is C19H20N2O3. The zero-order valence-electron chi connectivity index (χ0n) is 13.5. The molecule has 0 saturated heterocycles. The average Bonchev–Trinajstić information content (AvgIpc) is 3.29. The van der Waals surface area contributed by atoms with Crippen LogP contribution in [-0.4, -0.2) is 33.0 Å². The topological polar surface area (TPSA) is 57.0 Å². The maximum atomic E-state index is 6.08. The monoisotopic (exact) mass is 324 g/mol. The molecule has 3 aliphatic heterocycles. The van der Waals surface area contributed by atoms with Gasteiger partial charge in [-0.2, -0.15) is 0 Å². The van der Waals surface area contributed by atoms with E-state index in [4.69, 9.17) is 19.9 Å². The van der Waals surface area contributed by atoms with Gasteiger partial charge >= 0.3 is 0 Å². The fourth-order valence-corrected chi connectivity index (χ4v) is 4.18. The molecule has 5 rings (SSSR count). The standard InChI is InChI=1S/C19H20N2O3/c20-6-3-7-21-10-19(13-4-1-2-5-15(13)21)11-22-16-9-18-17(8-14(16)19)23-12-24-18/h1-2,4-5,8-9H,3,6-7,10-12,20H2. The predicted octanol–water partition coefficient (Wildman–Crippen LogP) is 2.26. The number of para-hydroxylation sites is 1.